The summed E-state index contributed by atoms with van der Waals surface area (Å²) in [6.45, 7) is 0. The number of nitrogen functional groups attached to an aromatic ring is 1. The predicted molar refractivity (Wildman–Crippen MR) is 57.7 cm³/mol. The lowest BCUT2D eigenvalue weighted by molar-refractivity contribution is 0.111. The second-order valence-corrected chi connectivity index (χ2v) is 3.53. The van der Waals surface area contributed by atoms with Crippen LogP contribution in [0.3, 0.4) is 0 Å². The summed E-state index contributed by atoms with van der Waals surface area (Å²) in [4.78, 5) is 10.8. The van der Waals surface area contributed by atoms with Crippen molar-refractivity contribution in [2.24, 2.45) is 7.05 Å². The lowest BCUT2D eigenvalue weighted by Crippen LogP contribution is -1.93. The molecule has 4 heteroatoms. The number of aryl methyl sites for hydroxylation is 1. The van der Waals surface area contributed by atoms with Crippen LogP contribution in [0.15, 0.2) is 18.2 Å². The number of halogens is 1. The average Bonchev–Trinajstić information content (AvgIpc) is 2.39. The number of fused-ring (bicyclic) bond motifs is 1. The Morgan fingerprint density at radius 2 is 2.21 bits per heavy atom. The van der Waals surface area contributed by atoms with E-state index in [1.54, 1.807) is 23.7 Å². The van der Waals surface area contributed by atoms with E-state index < -0.39 is 0 Å². The third-order valence-corrected chi connectivity index (χ3v) is 2.71. The van der Waals surface area contributed by atoms with E-state index in [1.165, 1.54) is 0 Å². The van der Waals surface area contributed by atoms with Gasteiger partial charge in [-0.25, -0.2) is 0 Å². The molecule has 0 fully saturated rings. The van der Waals surface area contributed by atoms with E-state index in [2.05, 4.69) is 0 Å². The number of anilines is 1. The van der Waals surface area contributed by atoms with Gasteiger partial charge < -0.3 is 10.3 Å². The maximum Gasteiger partial charge on any atom is 0.168 e. The van der Waals surface area contributed by atoms with E-state index in [0.717, 1.165) is 17.2 Å². The molecule has 0 spiro atoms. The quantitative estimate of drug-likeness (QED) is 0.577. The number of aromatic nitrogens is 1. The fourth-order valence-corrected chi connectivity index (χ4v) is 1.89. The third-order valence-electron chi connectivity index (χ3n) is 2.32. The van der Waals surface area contributed by atoms with Crippen LogP contribution < -0.4 is 5.73 Å². The van der Waals surface area contributed by atoms with Gasteiger partial charge in [0.2, 0.25) is 0 Å². The highest BCUT2D eigenvalue weighted by Gasteiger charge is 2.12. The van der Waals surface area contributed by atoms with Gasteiger partial charge in [-0.05, 0) is 18.2 Å². The first-order valence-electron chi connectivity index (χ1n) is 4.13. The van der Waals surface area contributed by atoms with Crippen molar-refractivity contribution in [2.75, 3.05) is 5.73 Å². The van der Waals surface area contributed by atoms with Crippen molar-refractivity contribution in [3.8, 4) is 0 Å². The Bertz CT molecular complexity index is 516. The van der Waals surface area contributed by atoms with Gasteiger partial charge in [0.05, 0.1) is 5.02 Å². The number of nitrogens with two attached hydrogens (primary N) is 1. The Labute approximate surface area is 86.1 Å². The molecule has 1 heterocycles. The molecule has 0 aliphatic rings. The molecule has 2 N–H and O–H groups in total. The van der Waals surface area contributed by atoms with Crippen molar-refractivity contribution >= 4 is 34.5 Å². The molecule has 2 rings (SSSR count). The number of hydrogen-bond acceptors (Lipinski definition) is 2. The van der Waals surface area contributed by atoms with Gasteiger partial charge in [-0.1, -0.05) is 11.6 Å². The SMILES string of the molecule is Cn1c(C=O)c(Cl)c2cc(N)ccc21. The number of aldehydes is 1. The molecule has 0 radical (unpaired) electrons. The van der Waals surface area contributed by atoms with Crippen LogP contribution in [0.1, 0.15) is 10.5 Å². The predicted octanol–water partition coefficient (Wildman–Crippen LogP) is 2.23. The second kappa shape index (κ2) is 3.03. The minimum atomic E-state index is 0.463. The van der Waals surface area contributed by atoms with E-state index in [4.69, 9.17) is 17.3 Å². The van der Waals surface area contributed by atoms with Gasteiger partial charge in [0.1, 0.15) is 5.69 Å². The van der Waals surface area contributed by atoms with Crippen LogP contribution in [0.5, 0.6) is 0 Å². The molecule has 1 aromatic heterocycles. The summed E-state index contributed by atoms with van der Waals surface area (Å²) in [5.74, 6) is 0. The summed E-state index contributed by atoms with van der Waals surface area (Å²) in [6.07, 6.45) is 0.749. The third kappa shape index (κ3) is 1.09. The standard InChI is InChI=1S/C10H9ClN2O/c1-13-8-3-2-6(12)4-7(8)10(11)9(13)5-14/h2-5H,12H2,1H3. The monoisotopic (exact) mass is 208 g/mol. The van der Waals surface area contributed by atoms with Gasteiger partial charge in [0.25, 0.3) is 0 Å². The Hall–Kier alpha value is -1.48. The first-order valence-corrected chi connectivity index (χ1v) is 4.51. The maximum atomic E-state index is 10.8. The number of benzene rings is 1. The maximum absolute atomic E-state index is 10.8. The zero-order valence-electron chi connectivity index (χ0n) is 7.62. The van der Waals surface area contributed by atoms with Crippen LogP contribution in [0.25, 0.3) is 10.9 Å². The molecule has 0 aliphatic heterocycles. The van der Waals surface area contributed by atoms with Crippen LogP contribution in [0, 0.1) is 0 Å². The summed E-state index contributed by atoms with van der Waals surface area (Å²) < 4.78 is 1.75. The normalized spacial score (nSPS) is 10.7. The summed E-state index contributed by atoms with van der Waals surface area (Å²) in [5.41, 5.74) is 7.67. The van der Waals surface area contributed by atoms with Crippen LogP contribution in [0.4, 0.5) is 5.69 Å². The zero-order chi connectivity index (χ0) is 10.3. The number of carbonyl (C=O) groups excluding carboxylic acids is 1. The molecule has 0 saturated heterocycles. The van der Waals surface area contributed by atoms with E-state index >= 15 is 0 Å². The summed E-state index contributed by atoms with van der Waals surface area (Å²) >= 11 is 6.03. The molecule has 0 saturated carbocycles. The molecule has 3 nitrogen and oxygen atoms in total. The lowest BCUT2D eigenvalue weighted by atomic mass is 10.2. The Morgan fingerprint density at radius 1 is 1.50 bits per heavy atom. The highest BCUT2D eigenvalue weighted by atomic mass is 35.5. The Morgan fingerprint density at radius 3 is 2.86 bits per heavy atom. The molecular formula is C10H9ClN2O. The smallest absolute Gasteiger partial charge is 0.168 e. The van der Waals surface area contributed by atoms with Crippen molar-refractivity contribution < 1.29 is 4.79 Å². The van der Waals surface area contributed by atoms with Crippen molar-refractivity contribution in [1.29, 1.82) is 0 Å². The highest BCUT2D eigenvalue weighted by molar-refractivity contribution is 6.38. The molecular weight excluding hydrogens is 200 g/mol. The van der Waals surface area contributed by atoms with E-state index in [1.807, 2.05) is 6.07 Å². The Balaban J connectivity index is 2.94. The van der Waals surface area contributed by atoms with Crippen LogP contribution in [0.2, 0.25) is 5.02 Å². The van der Waals surface area contributed by atoms with E-state index in [-0.39, 0.29) is 0 Å². The number of carbonyl (C=O) groups is 1. The minimum absolute atomic E-state index is 0.463. The van der Waals surface area contributed by atoms with Gasteiger partial charge in [-0.3, -0.25) is 4.79 Å². The van der Waals surface area contributed by atoms with Crippen LogP contribution in [-0.2, 0) is 7.05 Å². The highest BCUT2D eigenvalue weighted by Crippen LogP contribution is 2.30. The second-order valence-electron chi connectivity index (χ2n) is 3.15. The molecule has 0 bridgehead atoms. The van der Waals surface area contributed by atoms with Gasteiger partial charge in [-0.2, -0.15) is 0 Å². The van der Waals surface area contributed by atoms with Crippen molar-refractivity contribution in [2.45, 2.75) is 0 Å². The molecule has 0 atom stereocenters. The topological polar surface area (TPSA) is 48.0 Å². The molecule has 0 amide bonds. The van der Waals surface area contributed by atoms with Gasteiger partial charge >= 0.3 is 0 Å². The molecule has 2 aromatic rings. The fourth-order valence-electron chi connectivity index (χ4n) is 1.57. The van der Waals surface area contributed by atoms with Crippen LogP contribution in [-0.4, -0.2) is 10.9 Å². The molecule has 0 aliphatic carbocycles. The molecule has 14 heavy (non-hydrogen) atoms. The lowest BCUT2D eigenvalue weighted by Gasteiger charge is -1.97. The number of nitrogens with zero attached hydrogens (tertiary/aromatic N) is 1. The van der Waals surface area contributed by atoms with E-state index in [9.17, 15) is 4.79 Å². The zero-order valence-corrected chi connectivity index (χ0v) is 8.38. The Kier molecular flexibility index (Phi) is 1.97. The van der Waals surface area contributed by atoms with Crippen molar-refractivity contribution in [3.63, 3.8) is 0 Å². The summed E-state index contributed by atoms with van der Waals surface area (Å²) in [7, 11) is 1.80. The minimum Gasteiger partial charge on any atom is -0.399 e. The number of rotatable bonds is 1. The average molecular weight is 209 g/mol. The summed E-state index contributed by atoms with van der Waals surface area (Å²) in [6, 6.07) is 5.40. The van der Waals surface area contributed by atoms with Crippen LogP contribution >= 0.6 is 11.6 Å². The van der Waals surface area contributed by atoms with E-state index in [0.29, 0.717) is 16.4 Å². The van der Waals surface area contributed by atoms with Gasteiger partial charge in [0, 0.05) is 23.6 Å². The fraction of sp³-hybridized carbons (Fsp3) is 0.100. The number of hydrogen-bond donors (Lipinski definition) is 1. The molecule has 72 valence electrons. The van der Waals surface area contributed by atoms with Crippen molar-refractivity contribution in [1.82, 2.24) is 4.57 Å². The summed E-state index contributed by atoms with van der Waals surface area (Å²) in [5, 5.41) is 1.28. The molecule has 0 unspecified atom stereocenters. The van der Waals surface area contributed by atoms with Crippen molar-refractivity contribution in [3.05, 3.63) is 28.9 Å². The molecule has 1 aromatic carbocycles. The van der Waals surface area contributed by atoms with Gasteiger partial charge in [-0.15, -0.1) is 0 Å². The first-order chi connectivity index (χ1) is 6.65. The first kappa shape index (κ1) is 9.09. The van der Waals surface area contributed by atoms with Gasteiger partial charge in [0.15, 0.2) is 6.29 Å². The largest absolute Gasteiger partial charge is 0.399 e.